The van der Waals surface area contributed by atoms with Gasteiger partial charge in [-0.3, -0.25) is 0 Å². The van der Waals surface area contributed by atoms with Crippen LogP contribution in [0.2, 0.25) is 0 Å². The van der Waals surface area contributed by atoms with Crippen LogP contribution in [0.3, 0.4) is 0 Å². The molecule has 1 aliphatic rings. The van der Waals surface area contributed by atoms with Gasteiger partial charge in [0.15, 0.2) is 0 Å². The van der Waals surface area contributed by atoms with Gasteiger partial charge in [-0.25, -0.2) is 0 Å². The first kappa shape index (κ1) is 11.4. The molecule has 2 aromatic rings. The molecule has 3 nitrogen and oxygen atoms in total. The van der Waals surface area contributed by atoms with Crippen LogP contribution in [-0.4, -0.2) is 13.1 Å². The molecule has 3 N–H and O–H groups in total. The number of halogens is 1. The Balaban J connectivity index is 2.06. The first-order valence-electron chi connectivity index (χ1n) is 5.90. The number of benzene rings is 2. The molecule has 0 spiro atoms. The van der Waals surface area contributed by atoms with E-state index in [0.29, 0.717) is 0 Å². The Bertz CT molecular complexity index is 583. The molecule has 0 radical (unpaired) electrons. The van der Waals surface area contributed by atoms with Crippen molar-refractivity contribution in [3.05, 3.63) is 46.9 Å². The van der Waals surface area contributed by atoms with E-state index in [2.05, 4.69) is 50.4 Å². The molecule has 0 amide bonds. The molecule has 0 aliphatic carbocycles. The summed E-state index contributed by atoms with van der Waals surface area (Å²) in [5.41, 5.74) is 10.1. The van der Waals surface area contributed by atoms with Crippen LogP contribution in [0, 0.1) is 0 Å². The summed E-state index contributed by atoms with van der Waals surface area (Å²) in [4.78, 5) is 2.29. The van der Waals surface area contributed by atoms with Crippen molar-refractivity contribution < 1.29 is 0 Å². The number of hydrogen-bond acceptors (Lipinski definition) is 3. The summed E-state index contributed by atoms with van der Waals surface area (Å²) in [5, 5.41) is 3.41. The summed E-state index contributed by atoms with van der Waals surface area (Å²) in [6.07, 6.45) is 0. The van der Waals surface area contributed by atoms with Crippen LogP contribution in [0.4, 0.5) is 22.7 Å². The van der Waals surface area contributed by atoms with Gasteiger partial charge in [0.05, 0.1) is 11.4 Å². The lowest BCUT2D eigenvalue weighted by atomic mass is 10.1. The van der Waals surface area contributed by atoms with Crippen LogP contribution in [0.25, 0.3) is 0 Å². The lowest BCUT2D eigenvalue weighted by Gasteiger charge is -2.32. The standard InChI is InChI=1S/C14H14BrN3/c15-10-4-5-14-13(8-10)17-6-7-18(14)12-3-1-2-11(16)9-12/h1-5,8-9,17H,6-7,16H2. The van der Waals surface area contributed by atoms with Gasteiger partial charge in [-0.05, 0) is 36.4 Å². The van der Waals surface area contributed by atoms with Gasteiger partial charge < -0.3 is 16.0 Å². The van der Waals surface area contributed by atoms with Gasteiger partial charge in [-0.15, -0.1) is 0 Å². The van der Waals surface area contributed by atoms with E-state index < -0.39 is 0 Å². The van der Waals surface area contributed by atoms with Crippen LogP contribution in [-0.2, 0) is 0 Å². The molecule has 2 aromatic carbocycles. The minimum Gasteiger partial charge on any atom is -0.399 e. The van der Waals surface area contributed by atoms with Crippen LogP contribution < -0.4 is 16.0 Å². The first-order chi connectivity index (χ1) is 8.74. The third-order valence-corrected chi connectivity index (χ3v) is 3.58. The Labute approximate surface area is 115 Å². The van der Waals surface area contributed by atoms with Crippen LogP contribution in [0.1, 0.15) is 0 Å². The summed E-state index contributed by atoms with van der Waals surface area (Å²) in [6.45, 7) is 1.87. The number of rotatable bonds is 1. The SMILES string of the molecule is Nc1cccc(N2CCNc3cc(Br)ccc32)c1. The van der Waals surface area contributed by atoms with E-state index in [1.165, 1.54) is 5.69 Å². The smallest absolute Gasteiger partial charge is 0.0647 e. The minimum absolute atomic E-state index is 0.796. The molecule has 0 aromatic heterocycles. The first-order valence-corrected chi connectivity index (χ1v) is 6.70. The summed E-state index contributed by atoms with van der Waals surface area (Å²) >= 11 is 3.50. The molecule has 0 atom stereocenters. The third kappa shape index (κ3) is 2.04. The van der Waals surface area contributed by atoms with Crippen molar-refractivity contribution in [1.29, 1.82) is 0 Å². The molecule has 0 saturated carbocycles. The fourth-order valence-electron chi connectivity index (χ4n) is 2.27. The van der Waals surface area contributed by atoms with E-state index in [-0.39, 0.29) is 0 Å². The van der Waals surface area contributed by atoms with Gasteiger partial charge in [0, 0.05) is 28.9 Å². The third-order valence-electron chi connectivity index (χ3n) is 3.08. The average Bonchev–Trinajstić information content (AvgIpc) is 2.37. The van der Waals surface area contributed by atoms with E-state index in [9.17, 15) is 0 Å². The Morgan fingerprint density at radius 1 is 1.17 bits per heavy atom. The fourth-order valence-corrected chi connectivity index (χ4v) is 2.63. The summed E-state index contributed by atoms with van der Waals surface area (Å²) in [5.74, 6) is 0. The minimum atomic E-state index is 0.796. The Hall–Kier alpha value is -1.68. The molecule has 1 heterocycles. The van der Waals surface area contributed by atoms with Gasteiger partial charge >= 0.3 is 0 Å². The number of hydrogen-bond donors (Lipinski definition) is 2. The number of nitrogen functional groups attached to an aromatic ring is 1. The second-order valence-electron chi connectivity index (χ2n) is 4.33. The number of nitrogens with one attached hydrogen (secondary N) is 1. The van der Waals surface area contributed by atoms with Crippen molar-refractivity contribution in [2.75, 3.05) is 29.0 Å². The molecule has 0 saturated heterocycles. The highest BCUT2D eigenvalue weighted by atomic mass is 79.9. The van der Waals surface area contributed by atoms with Gasteiger partial charge in [-0.2, -0.15) is 0 Å². The molecular weight excluding hydrogens is 290 g/mol. The molecule has 0 fully saturated rings. The molecule has 92 valence electrons. The van der Waals surface area contributed by atoms with Gasteiger partial charge in [0.2, 0.25) is 0 Å². The normalized spacial score (nSPS) is 13.9. The number of nitrogens with zero attached hydrogens (tertiary/aromatic N) is 1. The van der Waals surface area contributed by atoms with E-state index in [1.807, 2.05) is 18.2 Å². The van der Waals surface area contributed by atoms with Crippen molar-refractivity contribution in [3.8, 4) is 0 Å². The highest BCUT2D eigenvalue weighted by molar-refractivity contribution is 9.10. The maximum atomic E-state index is 5.86. The zero-order chi connectivity index (χ0) is 12.5. The van der Waals surface area contributed by atoms with Crippen LogP contribution in [0.5, 0.6) is 0 Å². The van der Waals surface area contributed by atoms with E-state index in [1.54, 1.807) is 0 Å². The van der Waals surface area contributed by atoms with E-state index in [0.717, 1.165) is 34.6 Å². The molecule has 18 heavy (non-hydrogen) atoms. The molecule has 1 aliphatic heterocycles. The second-order valence-corrected chi connectivity index (χ2v) is 5.25. The topological polar surface area (TPSA) is 41.3 Å². The average molecular weight is 304 g/mol. The number of nitrogens with two attached hydrogens (primary N) is 1. The number of fused-ring (bicyclic) bond motifs is 1. The molecule has 4 heteroatoms. The second kappa shape index (κ2) is 4.53. The molecular formula is C14H14BrN3. The van der Waals surface area contributed by atoms with Crippen molar-refractivity contribution in [1.82, 2.24) is 0 Å². The monoisotopic (exact) mass is 303 g/mol. The summed E-state index contributed by atoms with van der Waals surface area (Å²) in [7, 11) is 0. The largest absolute Gasteiger partial charge is 0.399 e. The maximum Gasteiger partial charge on any atom is 0.0647 e. The predicted molar refractivity (Wildman–Crippen MR) is 80.5 cm³/mol. The van der Waals surface area contributed by atoms with Crippen molar-refractivity contribution in [2.24, 2.45) is 0 Å². The lowest BCUT2D eigenvalue weighted by Crippen LogP contribution is -2.30. The van der Waals surface area contributed by atoms with Crippen LogP contribution in [0.15, 0.2) is 46.9 Å². The van der Waals surface area contributed by atoms with Crippen molar-refractivity contribution >= 4 is 38.7 Å². The van der Waals surface area contributed by atoms with E-state index in [4.69, 9.17) is 5.73 Å². The Kier molecular flexibility index (Phi) is 2.88. The molecule has 0 bridgehead atoms. The highest BCUT2D eigenvalue weighted by Crippen LogP contribution is 2.36. The maximum absolute atomic E-state index is 5.86. The lowest BCUT2D eigenvalue weighted by molar-refractivity contribution is 0.926. The Morgan fingerprint density at radius 3 is 2.89 bits per heavy atom. The molecule has 3 rings (SSSR count). The number of anilines is 4. The van der Waals surface area contributed by atoms with Gasteiger partial charge in [0.25, 0.3) is 0 Å². The fraction of sp³-hybridized carbons (Fsp3) is 0.143. The summed E-state index contributed by atoms with van der Waals surface area (Å²) < 4.78 is 1.09. The summed E-state index contributed by atoms with van der Waals surface area (Å²) in [6, 6.07) is 14.3. The van der Waals surface area contributed by atoms with Crippen molar-refractivity contribution in [3.63, 3.8) is 0 Å². The molecule has 0 unspecified atom stereocenters. The quantitative estimate of drug-likeness (QED) is 0.791. The zero-order valence-electron chi connectivity index (χ0n) is 9.86. The Morgan fingerprint density at radius 2 is 2.06 bits per heavy atom. The highest BCUT2D eigenvalue weighted by Gasteiger charge is 2.17. The predicted octanol–water partition coefficient (Wildman–Crippen LogP) is 3.59. The van der Waals surface area contributed by atoms with Crippen molar-refractivity contribution in [2.45, 2.75) is 0 Å². The van der Waals surface area contributed by atoms with Gasteiger partial charge in [0.1, 0.15) is 0 Å². The van der Waals surface area contributed by atoms with Gasteiger partial charge in [-0.1, -0.05) is 22.0 Å². The van der Waals surface area contributed by atoms with Crippen LogP contribution >= 0.6 is 15.9 Å². The zero-order valence-corrected chi connectivity index (χ0v) is 11.4. The van der Waals surface area contributed by atoms with E-state index >= 15 is 0 Å².